The van der Waals surface area contributed by atoms with E-state index in [4.69, 9.17) is 9.84 Å². The summed E-state index contributed by atoms with van der Waals surface area (Å²) >= 11 is 0. The number of likely N-dealkylation sites (N-methyl/N-ethyl adjacent to an activating group) is 1. The molecule has 1 aliphatic heterocycles. The largest absolute Gasteiger partial charge is 0.441 e. The Kier molecular flexibility index (Phi) is 27.6. The molecule has 0 saturated heterocycles. The van der Waals surface area contributed by atoms with Crippen LogP contribution in [0.4, 0.5) is 0 Å². The molecule has 5 amide bonds. The highest BCUT2D eigenvalue weighted by molar-refractivity contribution is 5.77. The van der Waals surface area contributed by atoms with Crippen molar-refractivity contribution < 1.29 is 38.4 Å². The van der Waals surface area contributed by atoms with E-state index in [1.54, 1.807) is 30.7 Å². The van der Waals surface area contributed by atoms with E-state index in [2.05, 4.69) is 29.1 Å². The van der Waals surface area contributed by atoms with E-state index in [-0.39, 0.29) is 36.1 Å². The van der Waals surface area contributed by atoms with Crippen LogP contribution < -0.4 is 10.6 Å². The molecule has 1 heterocycles. The monoisotopic (exact) mass is 643 g/mol. The Morgan fingerprint density at radius 3 is 1.71 bits per heavy atom. The standard InChI is InChI=1S/C12H24N2O2.C10H20N2O3.C10H18N2O2/c1-5-8-14(12(16)7-3)10-9-13(4)11(15)6-2;1-3-9(14)11-5-6-12(7-8-13)10(15)4-2;1-3-9(13)11-5-6-12-7-8-14-10(12)4-2/h5-10H2,1-4H3;13H,3-8H2,1-2H3,(H,11,14);3-8H2,1-2H3/p+1. The van der Waals surface area contributed by atoms with Crippen molar-refractivity contribution >= 4 is 35.4 Å². The highest BCUT2D eigenvalue weighted by Crippen LogP contribution is 1.99. The fraction of sp³-hybridized carbons (Fsp3) is 0.812. The maximum Gasteiger partial charge on any atom is 0.336 e. The maximum atomic E-state index is 11.6. The van der Waals surface area contributed by atoms with Crippen molar-refractivity contribution in [1.29, 1.82) is 0 Å². The number of amides is 5. The molecule has 1 aliphatic rings. The van der Waals surface area contributed by atoms with Gasteiger partial charge in [-0.1, -0.05) is 48.5 Å². The molecule has 0 radical (unpaired) electrons. The van der Waals surface area contributed by atoms with E-state index in [0.29, 0.717) is 71.4 Å². The Labute approximate surface area is 271 Å². The summed E-state index contributed by atoms with van der Waals surface area (Å²) in [5, 5.41) is 14.3. The first-order valence-corrected chi connectivity index (χ1v) is 16.7. The van der Waals surface area contributed by atoms with Crippen LogP contribution in [0.1, 0.15) is 93.4 Å². The lowest BCUT2D eigenvalue weighted by Crippen LogP contribution is -2.39. The van der Waals surface area contributed by atoms with Gasteiger partial charge in [0.25, 0.3) is 0 Å². The van der Waals surface area contributed by atoms with Crippen molar-refractivity contribution in [2.75, 3.05) is 79.2 Å². The molecular formula is C32H63N6O7+. The highest BCUT2D eigenvalue weighted by atomic mass is 16.5. The van der Waals surface area contributed by atoms with Crippen molar-refractivity contribution in [3.8, 4) is 0 Å². The van der Waals surface area contributed by atoms with E-state index < -0.39 is 0 Å². The zero-order valence-corrected chi connectivity index (χ0v) is 29.4. The van der Waals surface area contributed by atoms with Crippen molar-refractivity contribution in [2.45, 2.75) is 93.4 Å². The highest BCUT2D eigenvalue weighted by Gasteiger charge is 2.21. The minimum atomic E-state index is -0.0482. The molecule has 0 aromatic carbocycles. The van der Waals surface area contributed by atoms with Gasteiger partial charge in [0.1, 0.15) is 0 Å². The topological polar surface area (TPSA) is 152 Å². The van der Waals surface area contributed by atoms with Gasteiger partial charge in [0, 0.05) is 78.4 Å². The molecule has 3 N–H and O–H groups in total. The minimum Gasteiger partial charge on any atom is -0.441 e. The van der Waals surface area contributed by atoms with Gasteiger partial charge in [-0.2, -0.15) is 4.58 Å². The summed E-state index contributed by atoms with van der Waals surface area (Å²) in [6.07, 6.45) is 4.36. The summed E-state index contributed by atoms with van der Waals surface area (Å²) < 4.78 is 7.62. The van der Waals surface area contributed by atoms with E-state index in [9.17, 15) is 24.0 Å². The number of carbonyl (C=O) groups excluding carboxylic acids is 5. The molecule has 13 heteroatoms. The van der Waals surface area contributed by atoms with Gasteiger partial charge < -0.3 is 35.2 Å². The van der Waals surface area contributed by atoms with Crippen LogP contribution in [0.5, 0.6) is 0 Å². The number of nitrogens with zero attached hydrogens (tertiary/aromatic N) is 4. The molecule has 1 rings (SSSR count). The van der Waals surface area contributed by atoms with Crippen LogP contribution in [0.3, 0.4) is 0 Å². The molecule has 0 atom stereocenters. The first-order chi connectivity index (χ1) is 21.5. The average molecular weight is 644 g/mol. The third-order valence-electron chi connectivity index (χ3n) is 6.94. The van der Waals surface area contributed by atoms with Gasteiger partial charge in [0.05, 0.1) is 19.6 Å². The Morgan fingerprint density at radius 2 is 1.24 bits per heavy atom. The third-order valence-corrected chi connectivity index (χ3v) is 6.94. The van der Waals surface area contributed by atoms with Gasteiger partial charge >= 0.3 is 5.90 Å². The molecule has 0 unspecified atom stereocenters. The van der Waals surface area contributed by atoms with Crippen LogP contribution in [0, 0.1) is 0 Å². The molecule has 0 aliphatic carbocycles. The van der Waals surface area contributed by atoms with E-state index in [0.717, 1.165) is 45.0 Å². The number of carbonyl (C=O) groups is 5. The number of ether oxygens (including phenoxy) is 1. The quantitative estimate of drug-likeness (QED) is 0.181. The van der Waals surface area contributed by atoms with Crippen molar-refractivity contribution in [3.05, 3.63) is 0 Å². The predicted molar refractivity (Wildman–Crippen MR) is 177 cm³/mol. The van der Waals surface area contributed by atoms with Crippen molar-refractivity contribution in [2.24, 2.45) is 0 Å². The molecule has 0 aromatic rings. The average Bonchev–Trinajstić information content (AvgIpc) is 3.52. The number of hydrogen-bond acceptors (Lipinski definition) is 7. The van der Waals surface area contributed by atoms with Crippen LogP contribution in [-0.2, 0) is 28.7 Å². The first-order valence-electron chi connectivity index (χ1n) is 16.7. The summed E-state index contributed by atoms with van der Waals surface area (Å²) in [6.45, 7) is 19.8. The van der Waals surface area contributed by atoms with Crippen molar-refractivity contribution in [3.63, 3.8) is 0 Å². The first kappa shape index (κ1) is 43.9. The fourth-order valence-corrected chi connectivity index (χ4v) is 4.19. The molecule has 0 aromatic heterocycles. The molecular weight excluding hydrogens is 580 g/mol. The number of aliphatic hydroxyl groups excluding tert-OH is 1. The number of hydrogen-bond donors (Lipinski definition) is 3. The van der Waals surface area contributed by atoms with Crippen LogP contribution >= 0.6 is 0 Å². The molecule has 262 valence electrons. The summed E-state index contributed by atoms with van der Waals surface area (Å²) in [5.74, 6) is 1.43. The second-order valence-corrected chi connectivity index (χ2v) is 10.4. The molecule has 0 bridgehead atoms. The zero-order valence-electron chi connectivity index (χ0n) is 29.4. The van der Waals surface area contributed by atoms with Crippen LogP contribution in [0.25, 0.3) is 0 Å². The summed E-state index contributed by atoms with van der Waals surface area (Å²) in [7, 11) is 1.78. The van der Waals surface area contributed by atoms with Crippen LogP contribution in [0.2, 0.25) is 0 Å². The summed E-state index contributed by atoms with van der Waals surface area (Å²) in [6, 6.07) is 0. The van der Waals surface area contributed by atoms with Gasteiger partial charge in [0.15, 0.2) is 19.7 Å². The maximum absolute atomic E-state index is 11.6. The number of rotatable bonds is 19. The molecule has 0 fully saturated rings. The SMILES string of the molecule is CCC(=O)NCCN(CCO)C(=O)CC.CCC(=O)NCC[N+]1=C(CC)OCC1.CCCN(CCN(C)C(=O)CC)C(=O)CC. The fourth-order valence-electron chi connectivity index (χ4n) is 4.19. The lowest BCUT2D eigenvalue weighted by molar-refractivity contribution is -0.517. The van der Waals surface area contributed by atoms with Gasteiger partial charge in [0.2, 0.25) is 29.5 Å². The lowest BCUT2D eigenvalue weighted by atomic mass is 10.3. The summed E-state index contributed by atoms with van der Waals surface area (Å²) in [5.41, 5.74) is 0. The molecule has 0 saturated carbocycles. The number of aliphatic hydroxyl groups is 1. The van der Waals surface area contributed by atoms with Gasteiger partial charge in [-0.05, 0) is 6.42 Å². The van der Waals surface area contributed by atoms with Crippen LogP contribution in [-0.4, -0.2) is 139 Å². The Bertz CT molecular complexity index is 897. The Morgan fingerprint density at radius 1 is 0.711 bits per heavy atom. The van der Waals surface area contributed by atoms with Crippen molar-refractivity contribution in [1.82, 2.24) is 25.3 Å². The second kappa shape index (κ2) is 28.3. The molecule has 0 spiro atoms. The van der Waals surface area contributed by atoms with Gasteiger partial charge in [-0.3, -0.25) is 24.0 Å². The van der Waals surface area contributed by atoms with Gasteiger partial charge in [-0.25, -0.2) is 0 Å². The van der Waals surface area contributed by atoms with E-state index in [1.165, 1.54) is 0 Å². The number of nitrogens with one attached hydrogen (secondary N) is 2. The predicted octanol–water partition coefficient (Wildman–Crippen LogP) is 1.61. The smallest absolute Gasteiger partial charge is 0.336 e. The summed E-state index contributed by atoms with van der Waals surface area (Å²) in [4.78, 5) is 61.2. The van der Waals surface area contributed by atoms with Crippen LogP contribution in [0.15, 0.2) is 0 Å². The lowest BCUT2D eigenvalue weighted by Gasteiger charge is -2.25. The third kappa shape index (κ3) is 21.2. The minimum absolute atomic E-state index is 0.00482. The molecule has 13 nitrogen and oxygen atoms in total. The Balaban J connectivity index is 0. The second-order valence-electron chi connectivity index (χ2n) is 10.4. The Hall–Kier alpha value is -3.22. The van der Waals surface area contributed by atoms with E-state index in [1.807, 2.05) is 25.7 Å². The zero-order chi connectivity index (χ0) is 34.6. The van der Waals surface area contributed by atoms with Gasteiger partial charge in [-0.15, -0.1) is 0 Å². The normalized spacial score (nSPS) is 11.7. The molecule has 45 heavy (non-hydrogen) atoms. The van der Waals surface area contributed by atoms with E-state index >= 15 is 0 Å².